The van der Waals surface area contributed by atoms with Crippen molar-refractivity contribution in [1.82, 2.24) is 19.8 Å². The third kappa shape index (κ3) is 3.63. The van der Waals surface area contributed by atoms with E-state index in [1.165, 1.54) is 12.8 Å². The Labute approximate surface area is 158 Å². The number of anilines is 1. The van der Waals surface area contributed by atoms with E-state index >= 15 is 0 Å². The second kappa shape index (κ2) is 7.34. The molecule has 2 aliphatic rings. The van der Waals surface area contributed by atoms with Gasteiger partial charge < -0.3 is 15.5 Å². The number of piperazine rings is 1. The van der Waals surface area contributed by atoms with Crippen molar-refractivity contribution in [3.63, 3.8) is 0 Å². The van der Waals surface area contributed by atoms with E-state index in [4.69, 9.17) is 5.73 Å². The van der Waals surface area contributed by atoms with E-state index in [0.717, 1.165) is 24.0 Å². The molecule has 1 saturated carbocycles. The summed E-state index contributed by atoms with van der Waals surface area (Å²) in [6.07, 6.45) is 7.89. The van der Waals surface area contributed by atoms with E-state index in [9.17, 15) is 9.59 Å². The summed E-state index contributed by atoms with van der Waals surface area (Å²) in [5.41, 5.74) is 7.84. The van der Waals surface area contributed by atoms with Gasteiger partial charge >= 0.3 is 0 Å². The van der Waals surface area contributed by atoms with Crippen molar-refractivity contribution >= 4 is 17.8 Å². The number of carbonyl (C=O) groups is 2. The van der Waals surface area contributed by atoms with E-state index in [2.05, 4.69) is 9.97 Å². The van der Waals surface area contributed by atoms with E-state index in [1.807, 2.05) is 17.0 Å². The van der Waals surface area contributed by atoms with Gasteiger partial charge in [0, 0.05) is 42.7 Å². The third-order valence-corrected chi connectivity index (χ3v) is 5.45. The highest BCUT2D eigenvalue weighted by atomic mass is 16.2. The largest absolute Gasteiger partial charge is 0.368 e. The van der Waals surface area contributed by atoms with Gasteiger partial charge in [-0.3, -0.25) is 9.59 Å². The Balaban J connectivity index is 1.42. The minimum atomic E-state index is -0.102. The Bertz CT molecular complexity index is 828. The van der Waals surface area contributed by atoms with Gasteiger partial charge in [0.25, 0.3) is 5.91 Å². The van der Waals surface area contributed by atoms with E-state index < -0.39 is 0 Å². The van der Waals surface area contributed by atoms with Crippen LogP contribution in [0.2, 0.25) is 0 Å². The minimum Gasteiger partial charge on any atom is -0.368 e. The monoisotopic (exact) mass is 365 g/mol. The lowest BCUT2D eigenvalue weighted by Crippen LogP contribution is -2.54. The molecular weight excluding hydrogens is 342 g/mol. The maximum absolute atomic E-state index is 12.8. The molecule has 4 rings (SSSR count). The predicted octanol–water partition coefficient (Wildman–Crippen LogP) is 1.95. The summed E-state index contributed by atoms with van der Waals surface area (Å²) in [6, 6.07) is 7.65. The second-order valence-electron chi connectivity index (χ2n) is 7.16. The van der Waals surface area contributed by atoms with Crippen LogP contribution in [-0.2, 0) is 4.79 Å². The van der Waals surface area contributed by atoms with Gasteiger partial charge in [0.1, 0.15) is 6.54 Å². The molecule has 0 bridgehead atoms. The number of aromatic nitrogens is 2. The molecule has 1 aliphatic carbocycles. The van der Waals surface area contributed by atoms with Crippen molar-refractivity contribution in [1.29, 1.82) is 0 Å². The molecular formula is C20H23N5O2. The molecule has 0 radical (unpaired) electrons. The number of rotatable bonds is 3. The first-order valence-corrected chi connectivity index (χ1v) is 9.38. The fourth-order valence-electron chi connectivity index (χ4n) is 3.94. The number of hydrogen-bond donors (Lipinski definition) is 1. The first kappa shape index (κ1) is 17.5. The summed E-state index contributed by atoms with van der Waals surface area (Å²) >= 11 is 0. The Morgan fingerprint density at radius 2 is 1.67 bits per heavy atom. The molecule has 1 saturated heterocycles. The summed E-state index contributed by atoms with van der Waals surface area (Å²) in [5.74, 6) is 0.193. The highest BCUT2D eigenvalue weighted by Crippen LogP contribution is 2.25. The van der Waals surface area contributed by atoms with Gasteiger partial charge in [0.05, 0.1) is 0 Å². The second-order valence-corrected chi connectivity index (χ2v) is 7.16. The molecule has 1 aromatic heterocycles. The number of hydrogen-bond acceptors (Lipinski definition) is 5. The maximum Gasteiger partial charge on any atom is 0.254 e. The lowest BCUT2D eigenvalue weighted by atomic mass is 10.1. The van der Waals surface area contributed by atoms with E-state index in [-0.39, 0.29) is 24.3 Å². The van der Waals surface area contributed by atoms with E-state index in [0.29, 0.717) is 24.7 Å². The van der Waals surface area contributed by atoms with Gasteiger partial charge in [-0.15, -0.1) is 0 Å². The number of nitrogens with two attached hydrogens (primary N) is 1. The highest BCUT2D eigenvalue weighted by Gasteiger charge is 2.33. The van der Waals surface area contributed by atoms with Crippen LogP contribution in [0.15, 0.2) is 36.7 Å². The Morgan fingerprint density at radius 3 is 2.30 bits per heavy atom. The highest BCUT2D eigenvalue weighted by molar-refractivity contribution is 5.97. The number of nitrogens with zero attached hydrogens (tertiary/aromatic N) is 4. The minimum absolute atomic E-state index is 0.0668. The van der Waals surface area contributed by atoms with Crippen molar-refractivity contribution < 1.29 is 9.59 Å². The summed E-state index contributed by atoms with van der Waals surface area (Å²) in [5, 5.41) is 0. The fraction of sp³-hybridized carbons (Fsp3) is 0.400. The molecule has 27 heavy (non-hydrogen) atoms. The molecule has 2 aromatic rings. The Morgan fingerprint density at radius 1 is 1.00 bits per heavy atom. The van der Waals surface area contributed by atoms with Crippen LogP contribution < -0.4 is 5.73 Å². The number of nitrogen functional groups attached to an aromatic ring is 1. The number of carbonyl (C=O) groups excluding carboxylic acids is 2. The molecule has 0 atom stereocenters. The molecule has 0 unspecified atom stereocenters. The van der Waals surface area contributed by atoms with Gasteiger partial charge in [-0.1, -0.05) is 25.0 Å². The summed E-state index contributed by atoms with van der Waals surface area (Å²) in [6.45, 7) is 1.40. The van der Waals surface area contributed by atoms with Crippen molar-refractivity contribution in [3.8, 4) is 11.1 Å². The summed E-state index contributed by atoms with van der Waals surface area (Å²) in [7, 11) is 0. The molecule has 2 fully saturated rings. The first-order chi connectivity index (χ1) is 13.1. The van der Waals surface area contributed by atoms with Crippen LogP contribution in [0.1, 0.15) is 36.0 Å². The van der Waals surface area contributed by atoms with Gasteiger partial charge in [-0.05, 0) is 30.5 Å². The lowest BCUT2D eigenvalue weighted by molar-refractivity contribution is -0.137. The molecule has 7 nitrogen and oxygen atoms in total. The molecule has 2 N–H and O–H groups in total. The SMILES string of the molecule is Nc1ncc(-c2ccc(C(=O)N3CCN(C4CCCC4)C(=O)C3)cc2)cn1. The predicted molar refractivity (Wildman–Crippen MR) is 102 cm³/mol. The molecule has 0 spiro atoms. The Hall–Kier alpha value is -2.96. The van der Waals surface area contributed by atoms with Crippen molar-refractivity contribution in [3.05, 3.63) is 42.2 Å². The summed E-state index contributed by atoms with van der Waals surface area (Å²) < 4.78 is 0. The standard InChI is InChI=1S/C20H23N5O2/c21-20-22-11-16(12-23-20)14-5-7-15(8-6-14)19(27)24-9-10-25(18(26)13-24)17-3-1-2-4-17/h5-8,11-12,17H,1-4,9-10,13H2,(H2,21,22,23). The molecule has 7 heteroatoms. The van der Waals surface area contributed by atoms with Crippen LogP contribution in [0, 0.1) is 0 Å². The van der Waals surface area contributed by atoms with Gasteiger partial charge in [-0.25, -0.2) is 9.97 Å². The fourth-order valence-corrected chi connectivity index (χ4v) is 3.94. The maximum atomic E-state index is 12.8. The van der Waals surface area contributed by atoms with Crippen LogP contribution in [-0.4, -0.2) is 57.3 Å². The first-order valence-electron chi connectivity index (χ1n) is 9.38. The van der Waals surface area contributed by atoms with Crippen LogP contribution in [0.4, 0.5) is 5.95 Å². The van der Waals surface area contributed by atoms with Gasteiger partial charge in [0.15, 0.2) is 0 Å². The molecule has 2 amide bonds. The zero-order chi connectivity index (χ0) is 18.8. The Kier molecular flexibility index (Phi) is 4.75. The zero-order valence-corrected chi connectivity index (χ0v) is 15.2. The van der Waals surface area contributed by atoms with Crippen molar-refractivity contribution in [2.24, 2.45) is 0 Å². The zero-order valence-electron chi connectivity index (χ0n) is 15.2. The lowest BCUT2D eigenvalue weighted by Gasteiger charge is -2.37. The van der Waals surface area contributed by atoms with Crippen LogP contribution in [0.3, 0.4) is 0 Å². The van der Waals surface area contributed by atoms with Gasteiger partial charge in [-0.2, -0.15) is 0 Å². The smallest absolute Gasteiger partial charge is 0.254 e. The quantitative estimate of drug-likeness (QED) is 0.897. The van der Waals surface area contributed by atoms with Gasteiger partial charge in [0.2, 0.25) is 11.9 Å². The van der Waals surface area contributed by atoms with Crippen molar-refractivity contribution in [2.45, 2.75) is 31.7 Å². The molecule has 1 aromatic carbocycles. The van der Waals surface area contributed by atoms with Crippen LogP contribution in [0.5, 0.6) is 0 Å². The van der Waals surface area contributed by atoms with E-state index in [1.54, 1.807) is 29.4 Å². The molecule has 2 heterocycles. The van der Waals surface area contributed by atoms with Crippen molar-refractivity contribution in [2.75, 3.05) is 25.4 Å². The average Bonchev–Trinajstić information content (AvgIpc) is 3.22. The number of benzene rings is 1. The third-order valence-electron chi connectivity index (χ3n) is 5.45. The average molecular weight is 365 g/mol. The molecule has 140 valence electrons. The molecule has 1 aliphatic heterocycles. The summed E-state index contributed by atoms with van der Waals surface area (Å²) in [4.78, 5) is 36.9. The van der Waals surface area contributed by atoms with Crippen LogP contribution in [0.25, 0.3) is 11.1 Å². The topological polar surface area (TPSA) is 92.4 Å². The normalized spacial score (nSPS) is 18.1. The number of amides is 2. The van der Waals surface area contributed by atoms with Crippen LogP contribution >= 0.6 is 0 Å².